The molecule has 32 heavy (non-hydrogen) atoms. The quantitative estimate of drug-likeness (QED) is 0.415. The number of nitrogens with zero attached hydrogens (tertiary/aromatic N) is 2. The molecule has 1 aliphatic heterocycles. The molecule has 0 bridgehead atoms. The van der Waals surface area contributed by atoms with Crippen LogP contribution < -0.4 is 5.32 Å². The Balaban J connectivity index is 1.57. The van der Waals surface area contributed by atoms with Crippen LogP contribution in [0.4, 0.5) is 4.79 Å². The first-order chi connectivity index (χ1) is 15.1. The van der Waals surface area contributed by atoms with E-state index in [0.717, 1.165) is 22.0 Å². The summed E-state index contributed by atoms with van der Waals surface area (Å²) in [6.07, 6.45) is 1.59. The van der Waals surface area contributed by atoms with Crippen LogP contribution in [0.25, 0.3) is 0 Å². The maximum atomic E-state index is 13.2. The minimum atomic E-state index is -1.39. The number of urea groups is 1. The molecule has 3 amide bonds. The van der Waals surface area contributed by atoms with E-state index in [1.165, 1.54) is 6.07 Å². The predicted octanol–water partition coefficient (Wildman–Crippen LogP) is 4.70. The summed E-state index contributed by atoms with van der Waals surface area (Å²) < 4.78 is 7.36. The van der Waals surface area contributed by atoms with Crippen LogP contribution in [-0.2, 0) is 16.9 Å². The lowest BCUT2D eigenvalue weighted by atomic mass is 9.92. The highest BCUT2D eigenvalue weighted by Gasteiger charge is 2.50. The van der Waals surface area contributed by atoms with Gasteiger partial charge in [0.2, 0.25) is 0 Å². The number of halogens is 2. The molecule has 9 heteroatoms. The van der Waals surface area contributed by atoms with Gasteiger partial charge in [0.25, 0.3) is 5.91 Å². The number of nitrogens with one attached hydrogen (secondary N) is 1. The van der Waals surface area contributed by atoms with E-state index in [1.54, 1.807) is 37.5 Å². The lowest BCUT2D eigenvalue weighted by molar-refractivity contribution is -0.130. The van der Waals surface area contributed by atoms with E-state index in [-0.39, 0.29) is 17.4 Å². The van der Waals surface area contributed by atoms with Crippen molar-refractivity contribution < 1.29 is 18.8 Å². The number of hydrogen-bond acceptors (Lipinski definition) is 4. The number of aryl methyl sites for hydroxylation is 1. The molecule has 0 spiro atoms. The summed E-state index contributed by atoms with van der Waals surface area (Å²) in [5, 5.41) is 3.33. The molecule has 166 valence electrons. The van der Waals surface area contributed by atoms with Gasteiger partial charge in [-0.2, -0.15) is 0 Å². The number of Topliss-reactive ketones (excluding diaryl/α,β-unsaturated/α-hetero) is 1. The highest BCUT2D eigenvalue weighted by atomic mass is 35.5. The van der Waals surface area contributed by atoms with Crippen LogP contribution in [0.3, 0.4) is 0 Å². The van der Waals surface area contributed by atoms with Crippen LogP contribution >= 0.6 is 23.2 Å². The number of amides is 3. The molecule has 1 aromatic carbocycles. The molecule has 3 heterocycles. The summed E-state index contributed by atoms with van der Waals surface area (Å²) in [6, 6.07) is 9.46. The maximum absolute atomic E-state index is 13.2. The van der Waals surface area contributed by atoms with Gasteiger partial charge in [-0.15, -0.1) is 0 Å². The zero-order valence-corrected chi connectivity index (χ0v) is 19.3. The molecule has 0 unspecified atom stereocenters. The monoisotopic (exact) mass is 473 g/mol. The smallest absolute Gasteiger partial charge is 0.325 e. The number of ketones is 1. The Morgan fingerprint density at radius 2 is 1.91 bits per heavy atom. The van der Waals surface area contributed by atoms with Crippen molar-refractivity contribution in [1.29, 1.82) is 0 Å². The molecule has 3 aromatic rings. The van der Waals surface area contributed by atoms with Crippen LogP contribution in [0.2, 0.25) is 10.0 Å². The van der Waals surface area contributed by atoms with Gasteiger partial charge in [0.15, 0.2) is 5.78 Å². The lowest BCUT2D eigenvalue weighted by Gasteiger charge is -2.23. The second-order valence-electron chi connectivity index (χ2n) is 7.94. The number of hydrogen-bond donors (Lipinski definition) is 1. The van der Waals surface area contributed by atoms with E-state index in [0.29, 0.717) is 22.7 Å². The van der Waals surface area contributed by atoms with Crippen molar-refractivity contribution in [2.24, 2.45) is 0 Å². The average Bonchev–Trinajstić information content (AvgIpc) is 3.39. The topological polar surface area (TPSA) is 84.5 Å². The molecule has 0 saturated carbocycles. The summed E-state index contributed by atoms with van der Waals surface area (Å²) in [7, 11) is 0. The zero-order valence-electron chi connectivity index (χ0n) is 17.7. The summed E-state index contributed by atoms with van der Waals surface area (Å²) >= 11 is 12.2. The Hall–Kier alpha value is -3.03. The van der Waals surface area contributed by atoms with E-state index < -0.39 is 17.5 Å². The van der Waals surface area contributed by atoms with Gasteiger partial charge in [-0.25, -0.2) is 4.79 Å². The number of rotatable bonds is 6. The molecule has 1 fully saturated rings. The molecule has 7 nitrogen and oxygen atoms in total. The standard InChI is InChI=1S/C23H21Cl2N3O4/c1-13-9-17(14(2)27(13)11-16-5-4-8-32-16)20(29)12-28-21(30)23(3,26-22(28)31)18-7-6-15(24)10-19(18)25/h4-10H,11-12H2,1-3H3,(H,26,31)/t23-/m0/s1. The molecule has 1 saturated heterocycles. The Morgan fingerprint density at radius 1 is 1.16 bits per heavy atom. The third-order valence-electron chi connectivity index (χ3n) is 5.81. The number of carbonyl (C=O) groups is 3. The minimum Gasteiger partial charge on any atom is -0.467 e. The average molecular weight is 474 g/mol. The molecule has 2 aromatic heterocycles. The number of aromatic nitrogens is 1. The fourth-order valence-corrected chi connectivity index (χ4v) is 4.63. The molecule has 1 aliphatic rings. The number of imide groups is 1. The number of furan rings is 1. The minimum absolute atomic E-state index is 0.253. The van der Waals surface area contributed by atoms with Crippen molar-refractivity contribution in [3.8, 4) is 0 Å². The van der Waals surface area contributed by atoms with Crippen LogP contribution in [0.1, 0.15) is 40.0 Å². The molecule has 4 rings (SSSR count). The van der Waals surface area contributed by atoms with Gasteiger partial charge >= 0.3 is 6.03 Å². The highest BCUT2D eigenvalue weighted by Crippen LogP contribution is 2.35. The summed E-state index contributed by atoms with van der Waals surface area (Å²) in [5.74, 6) is -0.126. The Bertz CT molecular complexity index is 1230. The summed E-state index contributed by atoms with van der Waals surface area (Å²) in [6.45, 7) is 5.37. The lowest BCUT2D eigenvalue weighted by Crippen LogP contribution is -2.41. The van der Waals surface area contributed by atoms with Gasteiger partial charge in [-0.3, -0.25) is 14.5 Å². The second-order valence-corrected chi connectivity index (χ2v) is 8.79. The van der Waals surface area contributed by atoms with E-state index >= 15 is 0 Å². The largest absolute Gasteiger partial charge is 0.467 e. The van der Waals surface area contributed by atoms with Crippen molar-refractivity contribution in [3.63, 3.8) is 0 Å². The SMILES string of the molecule is Cc1cc(C(=O)CN2C(=O)N[C@@](C)(c3ccc(Cl)cc3Cl)C2=O)c(C)n1Cc1ccco1. The first-order valence-corrected chi connectivity index (χ1v) is 10.7. The zero-order chi connectivity index (χ0) is 23.2. The molecular formula is C23H21Cl2N3O4. The first-order valence-electron chi connectivity index (χ1n) is 9.93. The van der Waals surface area contributed by atoms with Crippen LogP contribution in [-0.4, -0.2) is 33.7 Å². The Kier molecular flexibility index (Phi) is 5.65. The maximum Gasteiger partial charge on any atom is 0.325 e. The van der Waals surface area contributed by atoms with E-state index in [4.69, 9.17) is 27.6 Å². The number of carbonyl (C=O) groups excluding carboxylic acids is 3. The normalized spacial score (nSPS) is 18.3. The Morgan fingerprint density at radius 3 is 2.56 bits per heavy atom. The van der Waals surface area contributed by atoms with Gasteiger partial charge < -0.3 is 14.3 Å². The molecule has 1 N–H and O–H groups in total. The van der Waals surface area contributed by atoms with Gasteiger partial charge in [0, 0.05) is 32.6 Å². The fourth-order valence-electron chi connectivity index (χ4n) is 4.03. The van der Waals surface area contributed by atoms with E-state index in [1.807, 2.05) is 24.5 Å². The van der Waals surface area contributed by atoms with Crippen molar-refractivity contribution >= 4 is 40.9 Å². The van der Waals surface area contributed by atoms with Gasteiger partial charge in [-0.05, 0) is 51.1 Å². The predicted molar refractivity (Wildman–Crippen MR) is 120 cm³/mol. The summed E-state index contributed by atoms with van der Waals surface area (Å²) in [5.41, 5.74) is 1.08. The van der Waals surface area contributed by atoms with Crippen LogP contribution in [0.15, 0.2) is 47.1 Å². The number of benzene rings is 1. The summed E-state index contributed by atoms with van der Waals surface area (Å²) in [4.78, 5) is 39.8. The highest BCUT2D eigenvalue weighted by molar-refractivity contribution is 6.35. The van der Waals surface area contributed by atoms with Gasteiger partial charge in [0.1, 0.15) is 11.3 Å². The molecular weight excluding hydrogens is 453 g/mol. The fraction of sp³-hybridized carbons (Fsp3) is 0.261. The third kappa shape index (κ3) is 3.72. The molecule has 0 aliphatic carbocycles. The van der Waals surface area contributed by atoms with Crippen LogP contribution in [0, 0.1) is 13.8 Å². The van der Waals surface area contributed by atoms with Gasteiger partial charge in [-0.1, -0.05) is 29.3 Å². The molecule has 0 radical (unpaired) electrons. The van der Waals surface area contributed by atoms with Crippen molar-refractivity contribution in [1.82, 2.24) is 14.8 Å². The Labute approximate surface area is 194 Å². The van der Waals surface area contributed by atoms with Crippen molar-refractivity contribution in [2.75, 3.05) is 6.54 Å². The van der Waals surface area contributed by atoms with Gasteiger partial charge in [0.05, 0.1) is 19.4 Å². The third-order valence-corrected chi connectivity index (χ3v) is 6.36. The molecule has 1 atom stereocenters. The van der Waals surface area contributed by atoms with Crippen molar-refractivity contribution in [2.45, 2.75) is 32.9 Å². The van der Waals surface area contributed by atoms with E-state index in [9.17, 15) is 14.4 Å². The van der Waals surface area contributed by atoms with Crippen molar-refractivity contribution in [3.05, 3.63) is 81.0 Å². The van der Waals surface area contributed by atoms with E-state index in [2.05, 4.69) is 5.32 Å². The van der Waals surface area contributed by atoms with Crippen LogP contribution in [0.5, 0.6) is 0 Å². The second kappa shape index (κ2) is 8.15. The first kappa shape index (κ1) is 22.2.